The maximum atomic E-state index is 12.3. The van der Waals surface area contributed by atoms with Crippen molar-refractivity contribution in [2.24, 2.45) is 0 Å². The van der Waals surface area contributed by atoms with Crippen LogP contribution in [0.25, 0.3) is 10.2 Å². The number of aromatic nitrogens is 1. The second-order valence-electron chi connectivity index (χ2n) is 5.46. The molecule has 0 fully saturated rings. The fraction of sp³-hybridized carbons (Fsp3) is 0.167. The summed E-state index contributed by atoms with van der Waals surface area (Å²) in [7, 11) is 0. The van der Waals surface area contributed by atoms with Crippen molar-refractivity contribution in [2.45, 2.75) is 19.8 Å². The first kappa shape index (κ1) is 17.4. The van der Waals surface area contributed by atoms with E-state index in [0.717, 1.165) is 16.6 Å². The van der Waals surface area contributed by atoms with Gasteiger partial charge in [-0.15, -0.1) is 0 Å². The monoisotopic (exact) mass is 373 g/mol. The average Bonchev–Trinajstić information content (AvgIpc) is 2.97. The van der Waals surface area contributed by atoms with Crippen LogP contribution < -0.4 is 10.6 Å². The number of benzene rings is 2. The molecule has 0 aliphatic carbocycles. The smallest absolute Gasteiger partial charge is 0.255 e. The summed E-state index contributed by atoms with van der Waals surface area (Å²) in [6.07, 6.45) is 1.26. The highest BCUT2D eigenvalue weighted by molar-refractivity contribution is 7.22. The molecule has 0 saturated carbocycles. The summed E-state index contributed by atoms with van der Waals surface area (Å²) in [4.78, 5) is 28.3. The van der Waals surface area contributed by atoms with Crippen molar-refractivity contribution in [3.05, 3.63) is 53.1 Å². The molecule has 0 atom stereocenters. The third kappa shape index (κ3) is 4.35. The van der Waals surface area contributed by atoms with Gasteiger partial charge in [0.1, 0.15) is 0 Å². The number of halogens is 1. The van der Waals surface area contributed by atoms with Crippen molar-refractivity contribution in [1.29, 1.82) is 0 Å². The number of hydrogen-bond donors (Lipinski definition) is 2. The summed E-state index contributed by atoms with van der Waals surface area (Å²) in [5, 5.41) is 6.79. The first-order valence-electron chi connectivity index (χ1n) is 7.82. The predicted molar refractivity (Wildman–Crippen MR) is 103 cm³/mol. The number of fused-ring (bicyclic) bond motifs is 1. The second kappa shape index (κ2) is 7.63. The zero-order chi connectivity index (χ0) is 17.8. The third-order valence-electron chi connectivity index (χ3n) is 3.48. The molecular formula is C18H16ClN3O2S. The van der Waals surface area contributed by atoms with Crippen LogP contribution in [0, 0.1) is 0 Å². The van der Waals surface area contributed by atoms with Gasteiger partial charge in [-0.25, -0.2) is 4.98 Å². The van der Waals surface area contributed by atoms with Gasteiger partial charge < -0.3 is 10.6 Å². The Morgan fingerprint density at radius 2 is 1.88 bits per heavy atom. The molecule has 0 bridgehead atoms. The lowest BCUT2D eigenvalue weighted by molar-refractivity contribution is -0.116. The average molecular weight is 374 g/mol. The van der Waals surface area contributed by atoms with Gasteiger partial charge in [0, 0.05) is 22.7 Å². The fourth-order valence-corrected chi connectivity index (χ4v) is 3.32. The molecule has 0 aliphatic rings. The lowest BCUT2D eigenvalue weighted by Gasteiger charge is -2.05. The van der Waals surface area contributed by atoms with Gasteiger partial charge in [0.05, 0.1) is 10.2 Å². The molecule has 0 unspecified atom stereocenters. The highest BCUT2D eigenvalue weighted by Gasteiger charge is 2.10. The van der Waals surface area contributed by atoms with Crippen molar-refractivity contribution in [2.75, 3.05) is 10.6 Å². The minimum absolute atomic E-state index is 0.0437. The van der Waals surface area contributed by atoms with E-state index in [4.69, 9.17) is 11.6 Å². The predicted octanol–water partition coefficient (Wildman–Crippen LogP) is 4.94. The lowest BCUT2D eigenvalue weighted by atomic mass is 10.2. The van der Waals surface area contributed by atoms with Gasteiger partial charge in [0.25, 0.3) is 5.91 Å². The van der Waals surface area contributed by atoms with E-state index in [1.54, 1.807) is 30.3 Å². The molecule has 5 nitrogen and oxygen atoms in total. The summed E-state index contributed by atoms with van der Waals surface area (Å²) >= 11 is 7.21. The van der Waals surface area contributed by atoms with Crippen LogP contribution in [-0.2, 0) is 4.79 Å². The van der Waals surface area contributed by atoms with Gasteiger partial charge in [0.15, 0.2) is 5.13 Å². The summed E-state index contributed by atoms with van der Waals surface area (Å²) in [5.41, 5.74) is 1.98. The minimum Gasteiger partial charge on any atom is -0.322 e. The zero-order valence-corrected chi connectivity index (χ0v) is 15.1. The molecule has 0 radical (unpaired) electrons. The first-order valence-corrected chi connectivity index (χ1v) is 9.02. The summed E-state index contributed by atoms with van der Waals surface area (Å²) < 4.78 is 0.890. The van der Waals surface area contributed by atoms with E-state index in [0.29, 0.717) is 27.8 Å². The Hall–Kier alpha value is -2.44. The molecule has 2 amide bonds. The number of thiazole rings is 1. The van der Waals surface area contributed by atoms with Crippen LogP contribution in [-0.4, -0.2) is 16.8 Å². The molecule has 3 rings (SSSR count). The molecule has 1 heterocycles. The second-order valence-corrected chi connectivity index (χ2v) is 6.93. The number of rotatable bonds is 5. The highest BCUT2D eigenvalue weighted by atomic mass is 35.5. The Morgan fingerprint density at radius 1 is 1.12 bits per heavy atom. The van der Waals surface area contributed by atoms with Crippen LogP contribution in [0.1, 0.15) is 30.1 Å². The molecule has 3 aromatic rings. The van der Waals surface area contributed by atoms with E-state index in [1.807, 2.05) is 19.1 Å². The van der Waals surface area contributed by atoms with Gasteiger partial charge in [-0.2, -0.15) is 0 Å². The molecule has 25 heavy (non-hydrogen) atoms. The number of hydrogen-bond acceptors (Lipinski definition) is 4. The number of amides is 2. The molecule has 0 aliphatic heterocycles. The normalized spacial score (nSPS) is 10.6. The van der Waals surface area contributed by atoms with Gasteiger partial charge in [-0.05, 0) is 48.9 Å². The molecule has 1 aromatic heterocycles. The van der Waals surface area contributed by atoms with E-state index in [-0.39, 0.29) is 11.8 Å². The van der Waals surface area contributed by atoms with Crippen LogP contribution in [0.2, 0.25) is 5.02 Å². The first-order chi connectivity index (χ1) is 12.0. The summed E-state index contributed by atoms with van der Waals surface area (Å²) in [5.74, 6) is -0.255. The number of nitrogens with one attached hydrogen (secondary N) is 2. The molecule has 0 saturated heterocycles. The molecular weight excluding hydrogens is 358 g/mol. The number of anilines is 2. The lowest BCUT2D eigenvalue weighted by Crippen LogP contribution is -2.11. The topological polar surface area (TPSA) is 71.1 Å². The third-order valence-corrected chi connectivity index (χ3v) is 4.66. The fourth-order valence-electron chi connectivity index (χ4n) is 2.27. The Morgan fingerprint density at radius 3 is 2.60 bits per heavy atom. The quantitative estimate of drug-likeness (QED) is 0.665. The number of carbonyl (C=O) groups is 2. The van der Waals surface area contributed by atoms with Gasteiger partial charge in [-0.1, -0.05) is 29.9 Å². The molecule has 128 valence electrons. The molecule has 7 heteroatoms. The maximum absolute atomic E-state index is 12.3. The molecule has 2 N–H and O–H groups in total. The zero-order valence-electron chi connectivity index (χ0n) is 13.5. The SMILES string of the molecule is CCCC(=O)Nc1nc2ccc(NC(=O)c3ccc(Cl)cc3)cc2s1. The Balaban J connectivity index is 1.75. The molecule has 2 aromatic carbocycles. The Kier molecular flexibility index (Phi) is 5.31. The molecule has 0 spiro atoms. The van der Waals surface area contributed by atoms with E-state index in [1.165, 1.54) is 11.3 Å². The van der Waals surface area contributed by atoms with Crippen molar-refractivity contribution in [3.63, 3.8) is 0 Å². The summed E-state index contributed by atoms with van der Waals surface area (Å²) in [6, 6.07) is 12.1. The van der Waals surface area contributed by atoms with E-state index in [9.17, 15) is 9.59 Å². The van der Waals surface area contributed by atoms with E-state index < -0.39 is 0 Å². The largest absolute Gasteiger partial charge is 0.322 e. The summed E-state index contributed by atoms with van der Waals surface area (Å²) in [6.45, 7) is 1.95. The van der Waals surface area contributed by atoms with Gasteiger partial charge >= 0.3 is 0 Å². The van der Waals surface area contributed by atoms with Crippen LogP contribution in [0.3, 0.4) is 0 Å². The van der Waals surface area contributed by atoms with Crippen LogP contribution in [0.5, 0.6) is 0 Å². The minimum atomic E-state index is -0.211. The number of carbonyl (C=O) groups excluding carboxylic acids is 2. The highest BCUT2D eigenvalue weighted by Crippen LogP contribution is 2.28. The van der Waals surface area contributed by atoms with Crippen LogP contribution >= 0.6 is 22.9 Å². The maximum Gasteiger partial charge on any atom is 0.255 e. The Labute approximate surface area is 154 Å². The van der Waals surface area contributed by atoms with Crippen LogP contribution in [0.4, 0.5) is 10.8 Å². The Bertz CT molecular complexity index is 922. The van der Waals surface area contributed by atoms with Crippen molar-refractivity contribution in [3.8, 4) is 0 Å². The number of nitrogens with zero attached hydrogens (tertiary/aromatic N) is 1. The van der Waals surface area contributed by atoms with E-state index in [2.05, 4.69) is 15.6 Å². The standard InChI is InChI=1S/C18H16ClN3O2S/c1-2-3-16(23)22-18-21-14-9-8-13(10-15(14)25-18)20-17(24)11-4-6-12(19)7-5-11/h4-10H,2-3H2,1H3,(H,20,24)(H,21,22,23). The van der Waals surface area contributed by atoms with E-state index >= 15 is 0 Å². The van der Waals surface area contributed by atoms with Gasteiger partial charge in [0.2, 0.25) is 5.91 Å². The van der Waals surface area contributed by atoms with Crippen molar-refractivity contribution >= 4 is 55.8 Å². The van der Waals surface area contributed by atoms with Crippen molar-refractivity contribution < 1.29 is 9.59 Å². The van der Waals surface area contributed by atoms with Crippen molar-refractivity contribution in [1.82, 2.24) is 4.98 Å². The van der Waals surface area contributed by atoms with Crippen LogP contribution in [0.15, 0.2) is 42.5 Å². The van der Waals surface area contributed by atoms with Gasteiger partial charge in [-0.3, -0.25) is 9.59 Å².